The molecule has 0 radical (unpaired) electrons. The Labute approximate surface area is 130 Å². The second-order valence-electron chi connectivity index (χ2n) is 6.28. The van der Waals surface area contributed by atoms with Gasteiger partial charge in [-0.25, -0.2) is 9.78 Å². The molecule has 0 aromatic carbocycles. The number of hydrogen-bond acceptors (Lipinski definition) is 4. The first-order valence-corrected chi connectivity index (χ1v) is 8.97. The minimum Gasteiger partial charge on any atom is -0.477 e. The molecule has 3 rings (SSSR count). The summed E-state index contributed by atoms with van der Waals surface area (Å²) in [4.78, 5) is 19.1. The number of aromatic nitrogens is 1. The van der Waals surface area contributed by atoms with Gasteiger partial charge in [0.15, 0.2) is 0 Å². The summed E-state index contributed by atoms with van der Waals surface area (Å²) in [7, 11) is 0. The van der Waals surface area contributed by atoms with Crippen molar-refractivity contribution in [3.63, 3.8) is 0 Å². The molecule has 1 saturated heterocycles. The van der Waals surface area contributed by atoms with Gasteiger partial charge in [0, 0.05) is 12.0 Å². The minimum atomic E-state index is -0.800. The molecule has 1 aromatic rings. The molecular formula is C16H24N2O2S. The van der Waals surface area contributed by atoms with Crippen molar-refractivity contribution in [3.8, 4) is 0 Å². The molecule has 5 heteroatoms. The summed E-state index contributed by atoms with van der Waals surface area (Å²) in [5, 5.41) is 10.4. The maximum atomic E-state index is 11.4. The molecule has 116 valence electrons. The van der Waals surface area contributed by atoms with Crippen LogP contribution in [0.1, 0.15) is 78.2 Å². The van der Waals surface area contributed by atoms with E-state index in [9.17, 15) is 9.90 Å². The van der Waals surface area contributed by atoms with Crippen LogP contribution in [0.25, 0.3) is 0 Å². The van der Waals surface area contributed by atoms with Gasteiger partial charge in [-0.3, -0.25) is 4.90 Å². The van der Waals surface area contributed by atoms with E-state index < -0.39 is 5.97 Å². The molecule has 21 heavy (non-hydrogen) atoms. The van der Waals surface area contributed by atoms with Crippen LogP contribution in [0.2, 0.25) is 0 Å². The molecule has 0 spiro atoms. The van der Waals surface area contributed by atoms with E-state index >= 15 is 0 Å². The number of rotatable bonds is 5. The molecule has 1 aliphatic carbocycles. The topological polar surface area (TPSA) is 53.4 Å². The molecule has 1 aliphatic heterocycles. The Morgan fingerprint density at radius 1 is 1.33 bits per heavy atom. The van der Waals surface area contributed by atoms with Gasteiger partial charge in [-0.1, -0.05) is 19.8 Å². The zero-order valence-electron chi connectivity index (χ0n) is 12.7. The fourth-order valence-electron chi connectivity index (χ4n) is 3.46. The zero-order chi connectivity index (χ0) is 14.8. The molecule has 2 fully saturated rings. The molecule has 0 amide bonds. The highest BCUT2D eigenvalue weighted by molar-refractivity contribution is 7.13. The molecule has 1 aromatic heterocycles. The van der Waals surface area contributed by atoms with Crippen LogP contribution in [-0.4, -0.2) is 33.5 Å². The van der Waals surface area contributed by atoms with Crippen molar-refractivity contribution in [2.45, 2.75) is 70.4 Å². The van der Waals surface area contributed by atoms with E-state index in [1.165, 1.54) is 43.4 Å². The van der Waals surface area contributed by atoms with Crippen LogP contribution in [-0.2, 0) is 6.54 Å². The van der Waals surface area contributed by atoms with E-state index in [-0.39, 0.29) is 0 Å². The number of thiazole rings is 1. The Morgan fingerprint density at radius 3 is 2.76 bits per heavy atom. The van der Waals surface area contributed by atoms with Crippen molar-refractivity contribution in [1.29, 1.82) is 0 Å². The van der Waals surface area contributed by atoms with Crippen LogP contribution in [0.3, 0.4) is 0 Å². The van der Waals surface area contributed by atoms with Crippen molar-refractivity contribution >= 4 is 17.3 Å². The SMILES string of the molecule is CCC1CCCCN1Cc1nc(C2CCC2)c(C(=O)O)s1. The lowest BCUT2D eigenvalue weighted by Gasteiger charge is -2.34. The summed E-state index contributed by atoms with van der Waals surface area (Å²) in [5.74, 6) is -0.407. The van der Waals surface area contributed by atoms with Crippen molar-refractivity contribution < 1.29 is 9.90 Å². The van der Waals surface area contributed by atoms with Gasteiger partial charge in [0.1, 0.15) is 9.88 Å². The first kappa shape index (κ1) is 15.0. The largest absolute Gasteiger partial charge is 0.477 e. The quantitative estimate of drug-likeness (QED) is 0.897. The van der Waals surface area contributed by atoms with Crippen molar-refractivity contribution in [2.24, 2.45) is 0 Å². The van der Waals surface area contributed by atoms with E-state index in [2.05, 4.69) is 11.8 Å². The van der Waals surface area contributed by atoms with Gasteiger partial charge in [-0.2, -0.15) is 0 Å². The van der Waals surface area contributed by atoms with Gasteiger partial charge in [0.25, 0.3) is 0 Å². The zero-order valence-corrected chi connectivity index (χ0v) is 13.5. The third kappa shape index (κ3) is 3.14. The predicted octanol–water partition coefficient (Wildman–Crippen LogP) is 3.87. The van der Waals surface area contributed by atoms with Gasteiger partial charge in [-0.05, 0) is 38.6 Å². The standard InChI is InChI=1S/C16H24N2O2S/c1-2-12-8-3-4-9-18(12)10-13-17-14(11-6-5-7-11)15(21-13)16(19)20/h11-12H,2-10H2,1H3,(H,19,20). The predicted molar refractivity (Wildman–Crippen MR) is 84.0 cm³/mol. The van der Waals surface area contributed by atoms with Crippen molar-refractivity contribution in [3.05, 3.63) is 15.6 Å². The van der Waals surface area contributed by atoms with Crippen LogP contribution in [0.4, 0.5) is 0 Å². The Kier molecular flexibility index (Phi) is 4.60. The third-order valence-corrected chi connectivity index (χ3v) is 5.99. The molecule has 2 heterocycles. The molecule has 1 atom stereocenters. The van der Waals surface area contributed by atoms with Crippen LogP contribution in [0, 0.1) is 0 Å². The molecule has 1 saturated carbocycles. The lowest BCUT2D eigenvalue weighted by Crippen LogP contribution is -2.38. The summed E-state index contributed by atoms with van der Waals surface area (Å²) in [6.45, 7) is 4.20. The molecular weight excluding hydrogens is 284 g/mol. The van der Waals surface area contributed by atoms with E-state index in [1.807, 2.05) is 0 Å². The van der Waals surface area contributed by atoms with E-state index in [4.69, 9.17) is 4.98 Å². The maximum absolute atomic E-state index is 11.4. The van der Waals surface area contributed by atoms with Crippen molar-refractivity contribution in [2.75, 3.05) is 6.54 Å². The summed E-state index contributed by atoms with van der Waals surface area (Å²) in [6, 6.07) is 0.642. The van der Waals surface area contributed by atoms with Crippen LogP contribution >= 0.6 is 11.3 Å². The average Bonchev–Trinajstić information content (AvgIpc) is 2.81. The van der Waals surface area contributed by atoms with Crippen LogP contribution in [0.15, 0.2) is 0 Å². The number of carboxylic acid groups (broad SMARTS) is 1. The summed E-state index contributed by atoms with van der Waals surface area (Å²) < 4.78 is 0. The van der Waals surface area contributed by atoms with Gasteiger partial charge < -0.3 is 5.11 Å². The molecule has 0 bridgehead atoms. The number of carboxylic acids is 1. The Balaban J connectivity index is 1.77. The number of aromatic carboxylic acids is 1. The number of likely N-dealkylation sites (tertiary alicyclic amines) is 1. The molecule has 1 unspecified atom stereocenters. The summed E-state index contributed by atoms with van der Waals surface area (Å²) in [5.41, 5.74) is 0.860. The van der Waals surface area contributed by atoms with Gasteiger partial charge in [0.2, 0.25) is 0 Å². The number of carbonyl (C=O) groups is 1. The van der Waals surface area contributed by atoms with E-state index in [0.717, 1.165) is 36.6 Å². The normalized spacial score (nSPS) is 24.0. The van der Waals surface area contributed by atoms with Gasteiger partial charge >= 0.3 is 5.97 Å². The number of nitrogens with zero attached hydrogens (tertiary/aromatic N) is 2. The third-order valence-electron chi connectivity index (χ3n) is 4.94. The van der Waals surface area contributed by atoms with Crippen LogP contribution < -0.4 is 0 Å². The average molecular weight is 308 g/mol. The number of piperidine rings is 1. The smallest absolute Gasteiger partial charge is 0.347 e. The monoisotopic (exact) mass is 308 g/mol. The lowest BCUT2D eigenvalue weighted by atomic mass is 9.82. The maximum Gasteiger partial charge on any atom is 0.347 e. The highest BCUT2D eigenvalue weighted by atomic mass is 32.1. The second-order valence-corrected chi connectivity index (χ2v) is 7.37. The Hall–Kier alpha value is -0.940. The Bertz CT molecular complexity index is 510. The Morgan fingerprint density at radius 2 is 2.14 bits per heavy atom. The highest BCUT2D eigenvalue weighted by Gasteiger charge is 2.30. The minimum absolute atomic E-state index is 0.393. The molecule has 2 aliphatic rings. The van der Waals surface area contributed by atoms with Crippen molar-refractivity contribution in [1.82, 2.24) is 9.88 Å². The fraction of sp³-hybridized carbons (Fsp3) is 0.750. The highest BCUT2D eigenvalue weighted by Crippen LogP contribution is 2.39. The molecule has 4 nitrogen and oxygen atoms in total. The first-order chi connectivity index (χ1) is 10.2. The first-order valence-electron chi connectivity index (χ1n) is 8.16. The van der Waals surface area contributed by atoms with E-state index in [1.54, 1.807) is 0 Å². The molecule has 1 N–H and O–H groups in total. The van der Waals surface area contributed by atoms with Gasteiger partial charge in [0.05, 0.1) is 12.2 Å². The summed E-state index contributed by atoms with van der Waals surface area (Å²) in [6.07, 6.45) is 8.43. The number of hydrogen-bond donors (Lipinski definition) is 1. The van der Waals surface area contributed by atoms with Crippen LogP contribution in [0.5, 0.6) is 0 Å². The lowest BCUT2D eigenvalue weighted by molar-refractivity contribution is 0.0699. The van der Waals surface area contributed by atoms with Gasteiger partial charge in [-0.15, -0.1) is 11.3 Å². The fourth-order valence-corrected chi connectivity index (χ4v) is 4.48. The van der Waals surface area contributed by atoms with E-state index in [0.29, 0.717) is 16.8 Å². The second kappa shape index (κ2) is 6.44. The summed E-state index contributed by atoms with van der Waals surface area (Å²) >= 11 is 1.40.